The lowest BCUT2D eigenvalue weighted by Crippen LogP contribution is -2.25. The summed E-state index contributed by atoms with van der Waals surface area (Å²) in [5.41, 5.74) is 0. The highest BCUT2D eigenvalue weighted by Gasteiger charge is 2.09. The summed E-state index contributed by atoms with van der Waals surface area (Å²) in [5, 5.41) is 15.7. The van der Waals surface area contributed by atoms with Gasteiger partial charge in [-0.05, 0) is 12.8 Å². The molecule has 8 nitrogen and oxygen atoms in total. The van der Waals surface area contributed by atoms with E-state index in [-0.39, 0.29) is 19.2 Å². The summed E-state index contributed by atoms with van der Waals surface area (Å²) in [6.45, 7) is 5.92. The minimum atomic E-state index is -0.626. The third kappa shape index (κ3) is 7.05. The molecule has 8 heteroatoms. The summed E-state index contributed by atoms with van der Waals surface area (Å²) in [6.07, 6.45) is 1.21. The summed E-state index contributed by atoms with van der Waals surface area (Å²) in [5.74, 6) is 0.826. The van der Waals surface area contributed by atoms with E-state index in [1.807, 2.05) is 6.92 Å². The summed E-state index contributed by atoms with van der Waals surface area (Å²) < 4.78 is 10.3. The van der Waals surface area contributed by atoms with Gasteiger partial charge in [-0.3, -0.25) is 0 Å². The normalized spacial score (nSPS) is 12.0. The highest BCUT2D eigenvalue weighted by molar-refractivity contribution is 5.35. The molecule has 1 atom stereocenters. The Morgan fingerprint density at radius 1 is 1.10 bits per heavy atom. The number of hydrogen-bond acceptors (Lipinski definition) is 8. The van der Waals surface area contributed by atoms with Crippen molar-refractivity contribution in [2.75, 3.05) is 44.0 Å². The SMILES string of the molecule is CCCNc1nc(NCC(O)COC)nc(OCCC)n1. The average Bonchev–Trinajstić information content (AvgIpc) is 2.49. The second kappa shape index (κ2) is 10.1. The van der Waals surface area contributed by atoms with Crippen molar-refractivity contribution in [3.8, 4) is 6.01 Å². The van der Waals surface area contributed by atoms with E-state index in [0.29, 0.717) is 18.5 Å². The summed E-state index contributed by atoms with van der Waals surface area (Å²) in [4.78, 5) is 12.6. The Morgan fingerprint density at radius 2 is 1.81 bits per heavy atom. The Labute approximate surface area is 125 Å². The third-order valence-electron chi connectivity index (χ3n) is 2.44. The van der Waals surface area contributed by atoms with Gasteiger partial charge in [0.15, 0.2) is 0 Å². The minimum Gasteiger partial charge on any atom is -0.463 e. The summed E-state index contributed by atoms with van der Waals surface area (Å²) in [7, 11) is 1.54. The lowest BCUT2D eigenvalue weighted by atomic mass is 10.4. The van der Waals surface area contributed by atoms with Gasteiger partial charge in [-0.2, -0.15) is 15.0 Å². The molecule has 0 spiro atoms. The van der Waals surface area contributed by atoms with Gasteiger partial charge in [-0.1, -0.05) is 13.8 Å². The number of aromatic nitrogens is 3. The predicted octanol–water partition coefficient (Wildman–Crippen LogP) is 0.901. The fourth-order valence-corrected chi connectivity index (χ4v) is 1.47. The zero-order valence-corrected chi connectivity index (χ0v) is 12.9. The third-order valence-corrected chi connectivity index (χ3v) is 2.44. The van der Waals surface area contributed by atoms with E-state index >= 15 is 0 Å². The number of rotatable bonds is 11. The van der Waals surface area contributed by atoms with Crippen LogP contribution in [0.3, 0.4) is 0 Å². The molecule has 0 radical (unpaired) electrons. The van der Waals surface area contributed by atoms with Crippen molar-refractivity contribution in [2.45, 2.75) is 32.8 Å². The molecule has 3 N–H and O–H groups in total. The molecule has 0 fully saturated rings. The van der Waals surface area contributed by atoms with Crippen molar-refractivity contribution >= 4 is 11.9 Å². The number of aliphatic hydroxyl groups is 1. The van der Waals surface area contributed by atoms with Crippen LogP contribution in [0, 0.1) is 0 Å². The van der Waals surface area contributed by atoms with E-state index in [0.717, 1.165) is 19.4 Å². The van der Waals surface area contributed by atoms with Crippen LogP contribution in [0.1, 0.15) is 26.7 Å². The highest BCUT2D eigenvalue weighted by atomic mass is 16.5. The number of anilines is 2. The number of hydrogen-bond donors (Lipinski definition) is 3. The van der Waals surface area contributed by atoms with Crippen molar-refractivity contribution in [3.63, 3.8) is 0 Å². The second-order valence-electron chi connectivity index (χ2n) is 4.53. The molecule has 0 aliphatic heterocycles. The number of ether oxygens (including phenoxy) is 2. The van der Waals surface area contributed by atoms with Crippen LogP contribution >= 0.6 is 0 Å². The Kier molecular flexibility index (Phi) is 8.37. The summed E-state index contributed by atoms with van der Waals surface area (Å²) >= 11 is 0. The molecule has 1 aromatic heterocycles. The minimum absolute atomic E-state index is 0.248. The maximum absolute atomic E-state index is 9.63. The lowest BCUT2D eigenvalue weighted by molar-refractivity contribution is 0.0726. The molecule has 1 rings (SSSR count). The van der Waals surface area contributed by atoms with Crippen molar-refractivity contribution < 1.29 is 14.6 Å². The molecule has 1 unspecified atom stereocenters. The first-order valence-electron chi connectivity index (χ1n) is 7.23. The Balaban J connectivity index is 2.70. The van der Waals surface area contributed by atoms with Crippen molar-refractivity contribution in [1.29, 1.82) is 0 Å². The average molecular weight is 299 g/mol. The quantitative estimate of drug-likeness (QED) is 0.554. The molecule has 0 amide bonds. The summed E-state index contributed by atoms with van der Waals surface area (Å²) in [6, 6.07) is 0.272. The van der Waals surface area contributed by atoms with E-state index in [4.69, 9.17) is 9.47 Å². The first-order valence-corrected chi connectivity index (χ1v) is 7.23. The zero-order valence-electron chi connectivity index (χ0n) is 12.9. The van der Waals surface area contributed by atoms with Gasteiger partial charge in [-0.15, -0.1) is 0 Å². The fourth-order valence-electron chi connectivity index (χ4n) is 1.47. The first kappa shape index (κ1) is 17.4. The molecular weight excluding hydrogens is 274 g/mol. The molecule has 0 aromatic carbocycles. The monoisotopic (exact) mass is 299 g/mol. The number of aliphatic hydroxyl groups excluding tert-OH is 1. The van der Waals surface area contributed by atoms with Crippen LogP contribution in [0.5, 0.6) is 6.01 Å². The second-order valence-corrected chi connectivity index (χ2v) is 4.53. The topological polar surface area (TPSA) is 101 Å². The van der Waals surface area contributed by atoms with E-state index in [1.54, 1.807) is 0 Å². The molecule has 0 saturated carbocycles. The van der Waals surface area contributed by atoms with Crippen molar-refractivity contribution in [1.82, 2.24) is 15.0 Å². The number of nitrogens with one attached hydrogen (secondary N) is 2. The fraction of sp³-hybridized carbons (Fsp3) is 0.769. The molecule has 120 valence electrons. The molecule has 0 aliphatic carbocycles. The van der Waals surface area contributed by atoms with Crippen molar-refractivity contribution in [3.05, 3.63) is 0 Å². The largest absolute Gasteiger partial charge is 0.463 e. The van der Waals surface area contributed by atoms with Crippen LogP contribution in [0.15, 0.2) is 0 Å². The molecule has 1 heterocycles. The molecule has 21 heavy (non-hydrogen) atoms. The Morgan fingerprint density at radius 3 is 2.43 bits per heavy atom. The Hall–Kier alpha value is -1.67. The van der Waals surface area contributed by atoms with Crippen LogP contribution < -0.4 is 15.4 Å². The zero-order chi connectivity index (χ0) is 15.5. The molecular formula is C13H25N5O3. The van der Waals surface area contributed by atoms with E-state index in [2.05, 4.69) is 32.5 Å². The maximum Gasteiger partial charge on any atom is 0.323 e. The molecule has 0 saturated heterocycles. The van der Waals surface area contributed by atoms with Gasteiger partial charge in [0.1, 0.15) is 0 Å². The lowest BCUT2D eigenvalue weighted by Gasteiger charge is -2.12. The highest BCUT2D eigenvalue weighted by Crippen LogP contribution is 2.11. The van der Waals surface area contributed by atoms with E-state index in [1.165, 1.54) is 7.11 Å². The van der Waals surface area contributed by atoms with Gasteiger partial charge in [-0.25, -0.2) is 0 Å². The van der Waals surface area contributed by atoms with Gasteiger partial charge in [0.2, 0.25) is 11.9 Å². The standard InChI is InChI=1S/C13H25N5O3/c1-4-6-14-11-16-12(15-8-10(19)9-20-3)18-13(17-11)21-7-5-2/h10,19H,4-9H2,1-3H3,(H2,14,15,16,17,18). The van der Waals surface area contributed by atoms with Gasteiger partial charge in [0.25, 0.3) is 0 Å². The van der Waals surface area contributed by atoms with Gasteiger partial charge in [0.05, 0.1) is 19.3 Å². The van der Waals surface area contributed by atoms with Crippen LogP contribution in [0.2, 0.25) is 0 Å². The molecule has 0 bridgehead atoms. The van der Waals surface area contributed by atoms with E-state index < -0.39 is 6.10 Å². The van der Waals surface area contributed by atoms with Gasteiger partial charge >= 0.3 is 6.01 Å². The van der Waals surface area contributed by atoms with E-state index in [9.17, 15) is 5.11 Å². The first-order chi connectivity index (χ1) is 10.2. The van der Waals surface area contributed by atoms with Crippen LogP contribution in [-0.4, -0.2) is 59.6 Å². The van der Waals surface area contributed by atoms with Gasteiger partial charge in [0, 0.05) is 20.2 Å². The van der Waals surface area contributed by atoms with Crippen molar-refractivity contribution in [2.24, 2.45) is 0 Å². The van der Waals surface area contributed by atoms with Gasteiger partial charge < -0.3 is 25.2 Å². The molecule has 1 aromatic rings. The predicted molar refractivity (Wildman–Crippen MR) is 80.8 cm³/mol. The number of nitrogens with zero attached hydrogens (tertiary/aromatic N) is 3. The maximum atomic E-state index is 9.63. The van der Waals surface area contributed by atoms with Crippen LogP contribution in [0.25, 0.3) is 0 Å². The molecule has 0 aliphatic rings. The number of methoxy groups -OCH3 is 1. The van der Waals surface area contributed by atoms with Crippen LogP contribution in [-0.2, 0) is 4.74 Å². The Bertz CT molecular complexity index is 379. The van der Waals surface area contributed by atoms with Crippen LogP contribution in [0.4, 0.5) is 11.9 Å². The smallest absolute Gasteiger partial charge is 0.323 e.